The Kier molecular flexibility index (Phi) is 4.62. The highest BCUT2D eigenvalue weighted by Crippen LogP contribution is 2.30. The summed E-state index contributed by atoms with van der Waals surface area (Å²) in [7, 11) is 3.27. The molecule has 0 bridgehead atoms. The fourth-order valence-corrected chi connectivity index (χ4v) is 2.48. The van der Waals surface area contributed by atoms with Crippen molar-refractivity contribution in [2.45, 2.75) is 19.5 Å². The van der Waals surface area contributed by atoms with Crippen LogP contribution in [-0.4, -0.2) is 23.9 Å². The smallest absolute Gasteiger partial charge is 0.165 e. The molecule has 2 rings (SSSR count). The van der Waals surface area contributed by atoms with E-state index < -0.39 is 0 Å². The first kappa shape index (κ1) is 14.8. The van der Waals surface area contributed by atoms with Crippen molar-refractivity contribution in [2.75, 3.05) is 14.2 Å². The normalized spacial score (nSPS) is 12.4. The minimum Gasteiger partial charge on any atom is -0.494 e. The van der Waals surface area contributed by atoms with E-state index in [9.17, 15) is 4.39 Å². The van der Waals surface area contributed by atoms with Gasteiger partial charge in [0.15, 0.2) is 11.6 Å². The summed E-state index contributed by atoms with van der Waals surface area (Å²) in [6, 6.07) is 4.58. The number of aryl methyl sites for hydroxylation is 1. The number of nitrogens with one attached hydrogen (secondary N) is 1. The van der Waals surface area contributed by atoms with Gasteiger partial charge in [-0.05, 0) is 31.7 Å². The number of aromatic nitrogens is 2. The van der Waals surface area contributed by atoms with Gasteiger partial charge in [0.05, 0.1) is 30.1 Å². The monoisotopic (exact) mass is 297 g/mol. The second kappa shape index (κ2) is 6.24. The van der Waals surface area contributed by atoms with Gasteiger partial charge in [-0.3, -0.25) is 4.68 Å². The molecule has 1 N–H and O–H groups in total. The van der Waals surface area contributed by atoms with E-state index in [1.807, 2.05) is 18.7 Å². The Balaban J connectivity index is 2.49. The standard InChI is InChI=1S/C14H17ClFN3O/c1-4-19-14(10(15)8-18-19)13(17-2)9-5-6-11(16)12(7-9)20-3/h5-8,13,17H,4H2,1-3H3. The Morgan fingerprint density at radius 1 is 1.50 bits per heavy atom. The molecule has 0 aliphatic carbocycles. The molecule has 0 spiro atoms. The van der Waals surface area contributed by atoms with Crippen molar-refractivity contribution in [2.24, 2.45) is 0 Å². The van der Waals surface area contributed by atoms with Crippen molar-refractivity contribution in [3.05, 3.63) is 46.5 Å². The van der Waals surface area contributed by atoms with Gasteiger partial charge >= 0.3 is 0 Å². The fraction of sp³-hybridized carbons (Fsp3) is 0.357. The summed E-state index contributed by atoms with van der Waals surface area (Å²) in [5.41, 5.74) is 1.72. The van der Waals surface area contributed by atoms with Crippen LogP contribution in [0.25, 0.3) is 0 Å². The van der Waals surface area contributed by atoms with Gasteiger partial charge in [0.1, 0.15) is 0 Å². The second-order valence-electron chi connectivity index (χ2n) is 4.31. The largest absolute Gasteiger partial charge is 0.494 e. The van der Waals surface area contributed by atoms with Gasteiger partial charge in [0, 0.05) is 6.54 Å². The van der Waals surface area contributed by atoms with E-state index in [1.165, 1.54) is 13.2 Å². The molecule has 0 radical (unpaired) electrons. The molecular weight excluding hydrogens is 281 g/mol. The third kappa shape index (κ3) is 2.64. The molecule has 6 heteroatoms. The van der Waals surface area contributed by atoms with E-state index in [2.05, 4.69) is 10.4 Å². The van der Waals surface area contributed by atoms with Crippen LogP contribution in [-0.2, 0) is 6.54 Å². The zero-order valence-electron chi connectivity index (χ0n) is 11.7. The summed E-state index contributed by atoms with van der Waals surface area (Å²) in [4.78, 5) is 0. The minimum absolute atomic E-state index is 0.181. The Bertz CT molecular complexity index is 600. The van der Waals surface area contributed by atoms with Crippen LogP contribution in [0.5, 0.6) is 5.75 Å². The van der Waals surface area contributed by atoms with Gasteiger partial charge in [-0.2, -0.15) is 5.10 Å². The molecule has 0 aliphatic rings. The minimum atomic E-state index is -0.388. The van der Waals surface area contributed by atoms with Crippen molar-refractivity contribution in [1.82, 2.24) is 15.1 Å². The summed E-state index contributed by atoms with van der Waals surface area (Å²) in [6.45, 7) is 2.70. The average Bonchev–Trinajstić information content (AvgIpc) is 2.83. The molecule has 0 saturated carbocycles. The topological polar surface area (TPSA) is 39.1 Å². The van der Waals surface area contributed by atoms with Crippen LogP contribution in [0.15, 0.2) is 24.4 Å². The van der Waals surface area contributed by atoms with Gasteiger partial charge in [-0.25, -0.2) is 4.39 Å². The Labute approximate surface area is 122 Å². The summed E-state index contributed by atoms with van der Waals surface area (Å²) in [5.74, 6) is -0.178. The number of halogens is 2. The molecule has 1 atom stereocenters. The van der Waals surface area contributed by atoms with Crippen molar-refractivity contribution in [3.8, 4) is 5.75 Å². The third-order valence-electron chi connectivity index (χ3n) is 3.20. The van der Waals surface area contributed by atoms with Crippen LogP contribution in [0.4, 0.5) is 4.39 Å². The molecule has 20 heavy (non-hydrogen) atoms. The first-order chi connectivity index (χ1) is 9.62. The highest BCUT2D eigenvalue weighted by atomic mass is 35.5. The van der Waals surface area contributed by atoms with Crippen molar-refractivity contribution < 1.29 is 9.13 Å². The lowest BCUT2D eigenvalue weighted by Gasteiger charge is -2.19. The number of ether oxygens (including phenoxy) is 1. The molecule has 4 nitrogen and oxygen atoms in total. The van der Waals surface area contributed by atoms with Crippen LogP contribution in [0.1, 0.15) is 24.2 Å². The summed E-state index contributed by atoms with van der Waals surface area (Å²) >= 11 is 6.22. The van der Waals surface area contributed by atoms with Gasteiger partial charge < -0.3 is 10.1 Å². The first-order valence-electron chi connectivity index (χ1n) is 6.34. The summed E-state index contributed by atoms with van der Waals surface area (Å²) in [5, 5.41) is 7.99. The maximum absolute atomic E-state index is 13.5. The zero-order chi connectivity index (χ0) is 14.7. The highest BCUT2D eigenvalue weighted by Gasteiger charge is 2.21. The maximum Gasteiger partial charge on any atom is 0.165 e. The van der Waals surface area contributed by atoms with E-state index in [0.717, 1.165) is 11.3 Å². The maximum atomic E-state index is 13.5. The Morgan fingerprint density at radius 2 is 2.25 bits per heavy atom. The SMILES string of the molecule is CCn1ncc(Cl)c1C(NC)c1ccc(F)c(OC)c1. The van der Waals surface area contributed by atoms with Crippen molar-refractivity contribution >= 4 is 11.6 Å². The highest BCUT2D eigenvalue weighted by molar-refractivity contribution is 6.31. The van der Waals surface area contributed by atoms with Crippen molar-refractivity contribution in [1.29, 1.82) is 0 Å². The number of rotatable bonds is 5. The molecule has 1 aromatic heterocycles. The van der Waals surface area contributed by atoms with Gasteiger partial charge in [-0.1, -0.05) is 17.7 Å². The van der Waals surface area contributed by atoms with Gasteiger partial charge in [-0.15, -0.1) is 0 Å². The average molecular weight is 298 g/mol. The molecule has 2 aromatic rings. The molecule has 0 fully saturated rings. The van der Waals surface area contributed by atoms with Crippen LogP contribution >= 0.6 is 11.6 Å². The molecule has 1 heterocycles. The molecule has 1 unspecified atom stereocenters. The van der Waals surface area contributed by atoms with E-state index in [0.29, 0.717) is 11.6 Å². The predicted octanol–water partition coefficient (Wildman–Crippen LogP) is 3.01. The van der Waals surface area contributed by atoms with Crippen LogP contribution < -0.4 is 10.1 Å². The van der Waals surface area contributed by atoms with Gasteiger partial charge in [0.25, 0.3) is 0 Å². The molecule has 0 amide bonds. The van der Waals surface area contributed by atoms with Crippen LogP contribution in [0.3, 0.4) is 0 Å². The lowest BCUT2D eigenvalue weighted by atomic mass is 10.0. The van der Waals surface area contributed by atoms with Gasteiger partial charge in [0.2, 0.25) is 0 Å². The van der Waals surface area contributed by atoms with E-state index in [-0.39, 0.29) is 17.6 Å². The molecule has 0 aliphatic heterocycles. The zero-order valence-corrected chi connectivity index (χ0v) is 12.4. The fourth-order valence-electron chi connectivity index (χ4n) is 2.23. The molecule has 108 valence electrons. The van der Waals surface area contributed by atoms with Crippen LogP contribution in [0, 0.1) is 5.82 Å². The third-order valence-corrected chi connectivity index (χ3v) is 3.49. The number of methoxy groups -OCH3 is 1. The number of nitrogens with zero attached hydrogens (tertiary/aromatic N) is 2. The first-order valence-corrected chi connectivity index (χ1v) is 6.72. The van der Waals surface area contributed by atoms with E-state index in [4.69, 9.17) is 16.3 Å². The second-order valence-corrected chi connectivity index (χ2v) is 4.72. The lowest BCUT2D eigenvalue weighted by molar-refractivity contribution is 0.385. The number of hydrogen-bond acceptors (Lipinski definition) is 3. The number of benzene rings is 1. The summed E-state index contributed by atoms with van der Waals surface area (Å²) < 4.78 is 20.4. The summed E-state index contributed by atoms with van der Waals surface area (Å²) in [6.07, 6.45) is 1.62. The Hall–Kier alpha value is -1.59. The van der Waals surface area contributed by atoms with E-state index >= 15 is 0 Å². The molecule has 0 saturated heterocycles. The van der Waals surface area contributed by atoms with E-state index in [1.54, 1.807) is 18.3 Å². The van der Waals surface area contributed by atoms with Crippen molar-refractivity contribution in [3.63, 3.8) is 0 Å². The molecule has 1 aromatic carbocycles. The Morgan fingerprint density at radius 3 is 2.85 bits per heavy atom. The quantitative estimate of drug-likeness (QED) is 0.922. The predicted molar refractivity (Wildman–Crippen MR) is 76.8 cm³/mol. The number of hydrogen-bond donors (Lipinski definition) is 1. The lowest BCUT2D eigenvalue weighted by Crippen LogP contribution is -2.22. The molecular formula is C14H17ClFN3O. The van der Waals surface area contributed by atoms with Crippen LogP contribution in [0.2, 0.25) is 5.02 Å².